The summed E-state index contributed by atoms with van der Waals surface area (Å²) >= 11 is 0. The topological polar surface area (TPSA) is 98.5 Å². The number of allylic oxidation sites excluding steroid dienone is 1. The van der Waals surface area contributed by atoms with E-state index in [-0.39, 0.29) is 0 Å². The SMILES string of the molecule is O=C(COC(=O)c1c2c(nc3ccccc13)/C(=C/c1ccco1)CCC2)NC(=O)c1ccccc1. The number of esters is 1. The van der Waals surface area contributed by atoms with E-state index in [0.717, 1.165) is 29.7 Å². The van der Waals surface area contributed by atoms with Crippen molar-refractivity contribution in [1.82, 2.24) is 10.3 Å². The van der Waals surface area contributed by atoms with E-state index < -0.39 is 24.4 Å². The highest BCUT2D eigenvalue weighted by Gasteiger charge is 2.26. The smallest absolute Gasteiger partial charge is 0.339 e. The maximum absolute atomic E-state index is 13.3. The van der Waals surface area contributed by atoms with Crippen LogP contribution in [0.5, 0.6) is 0 Å². The van der Waals surface area contributed by atoms with Gasteiger partial charge in [-0.3, -0.25) is 14.9 Å². The van der Waals surface area contributed by atoms with E-state index in [1.807, 2.05) is 42.5 Å². The quantitative estimate of drug-likeness (QED) is 0.424. The zero-order chi connectivity index (χ0) is 24.2. The molecular weight excluding hydrogens is 444 g/mol. The zero-order valence-electron chi connectivity index (χ0n) is 18.8. The van der Waals surface area contributed by atoms with E-state index >= 15 is 0 Å². The number of pyridine rings is 1. The lowest BCUT2D eigenvalue weighted by molar-refractivity contribution is -0.123. The van der Waals surface area contributed by atoms with Crippen molar-refractivity contribution in [2.75, 3.05) is 6.61 Å². The molecule has 35 heavy (non-hydrogen) atoms. The number of imide groups is 1. The molecule has 2 heterocycles. The van der Waals surface area contributed by atoms with E-state index in [1.54, 1.807) is 36.6 Å². The summed E-state index contributed by atoms with van der Waals surface area (Å²) in [5, 5.41) is 2.91. The molecule has 5 rings (SSSR count). The first-order valence-corrected chi connectivity index (χ1v) is 11.3. The van der Waals surface area contributed by atoms with E-state index in [9.17, 15) is 14.4 Å². The highest BCUT2D eigenvalue weighted by Crippen LogP contribution is 2.36. The number of fused-ring (bicyclic) bond motifs is 2. The molecule has 0 spiro atoms. The average molecular weight is 466 g/mol. The van der Waals surface area contributed by atoms with Crippen LogP contribution in [0.15, 0.2) is 77.4 Å². The average Bonchev–Trinajstić information content (AvgIpc) is 3.40. The number of nitrogens with zero attached hydrogens (tertiary/aromatic N) is 1. The summed E-state index contributed by atoms with van der Waals surface area (Å²) in [5.74, 6) is -1.16. The van der Waals surface area contributed by atoms with Gasteiger partial charge in [0.25, 0.3) is 11.8 Å². The standard InChI is InChI=1S/C28H22N2O5/c31-24(30-27(32)18-8-2-1-3-9-18)17-35-28(33)25-21-12-4-5-14-23(21)29-26-19(10-6-13-22(25)26)16-20-11-7-15-34-20/h1-5,7-9,11-12,14-16H,6,10,13,17H2,(H,30,31,32)/b19-16+. The van der Waals surface area contributed by atoms with Crippen LogP contribution >= 0.6 is 0 Å². The molecule has 0 saturated carbocycles. The van der Waals surface area contributed by atoms with Gasteiger partial charge in [0.1, 0.15) is 5.76 Å². The number of hydrogen-bond acceptors (Lipinski definition) is 6. The van der Waals surface area contributed by atoms with Gasteiger partial charge in [0.05, 0.1) is 23.0 Å². The maximum Gasteiger partial charge on any atom is 0.339 e. The minimum atomic E-state index is -0.696. The summed E-state index contributed by atoms with van der Waals surface area (Å²) in [5.41, 5.74) is 3.91. The molecule has 1 aliphatic carbocycles. The first-order valence-electron chi connectivity index (χ1n) is 11.3. The molecule has 1 N–H and O–H groups in total. The number of aromatic nitrogens is 1. The lowest BCUT2D eigenvalue weighted by Crippen LogP contribution is -2.34. The second-order valence-electron chi connectivity index (χ2n) is 8.19. The molecule has 0 aliphatic heterocycles. The Morgan fingerprint density at radius 1 is 0.971 bits per heavy atom. The van der Waals surface area contributed by atoms with Gasteiger partial charge in [-0.1, -0.05) is 36.4 Å². The molecule has 0 unspecified atom stereocenters. The van der Waals surface area contributed by atoms with Crippen molar-refractivity contribution in [3.8, 4) is 0 Å². The molecule has 0 atom stereocenters. The van der Waals surface area contributed by atoms with Crippen LogP contribution in [-0.2, 0) is 16.0 Å². The Bertz CT molecular complexity index is 1440. The third-order valence-electron chi connectivity index (χ3n) is 5.86. The number of carbonyl (C=O) groups excluding carboxylic acids is 3. The third kappa shape index (κ3) is 4.75. The number of furan rings is 1. The number of hydrogen-bond donors (Lipinski definition) is 1. The molecule has 0 fully saturated rings. The Labute approximate surface area is 201 Å². The van der Waals surface area contributed by atoms with Gasteiger partial charge in [-0.2, -0.15) is 0 Å². The van der Waals surface area contributed by atoms with Gasteiger partial charge < -0.3 is 9.15 Å². The van der Waals surface area contributed by atoms with Crippen LogP contribution in [0.4, 0.5) is 0 Å². The molecule has 0 bridgehead atoms. The van der Waals surface area contributed by atoms with Gasteiger partial charge in [-0.25, -0.2) is 9.78 Å². The van der Waals surface area contributed by atoms with E-state index in [1.165, 1.54) is 0 Å². The highest BCUT2D eigenvalue weighted by molar-refractivity contribution is 6.08. The van der Waals surface area contributed by atoms with Crippen LogP contribution in [0.25, 0.3) is 22.6 Å². The predicted octanol–water partition coefficient (Wildman–Crippen LogP) is 4.82. The number of amides is 2. The summed E-state index contributed by atoms with van der Waals surface area (Å²) in [6, 6.07) is 19.4. The van der Waals surface area contributed by atoms with Crippen molar-refractivity contribution >= 4 is 40.3 Å². The monoisotopic (exact) mass is 466 g/mol. The van der Waals surface area contributed by atoms with E-state index in [4.69, 9.17) is 14.1 Å². The predicted molar refractivity (Wildman–Crippen MR) is 130 cm³/mol. The summed E-state index contributed by atoms with van der Waals surface area (Å²) in [7, 11) is 0. The molecule has 2 aromatic heterocycles. The number of carbonyl (C=O) groups is 3. The van der Waals surface area contributed by atoms with Crippen LogP contribution in [-0.4, -0.2) is 29.4 Å². The van der Waals surface area contributed by atoms with E-state index in [0.29, 0.717) is 34.2 Å². The fourth-order valence-corrected chi connectivity index (χ4v) is 4.28. The van der Waals surface area contributed by atoms with Gasteiger partial charge in [-0.15, -0.1) is 0 Å². The van der Waals surface area contributed by atoms with Gasteiger partial charge in [0, 0.05) is 10.9 Å². The fourth-order valence-electron chi connectivity index (χ4n) is 4.28. The van der Waals surface area contributed by atoms with Crippen molar-refractivity contribution in [1.29, 1.82) is 0 Å². The lowest BCUT2D eigenvalue weighted by atomic mass is 9.86. The molecule has 2 amide bonds. The first-order chi connectivity index (χ1) is 17.1. The minimum absolute atomic E-state index is 0.345. The van der Waals surface area contributed by atoms with Crippen LogP contribution < -0.4 is 5.32 Å². The first kappa shape index (κ1) is 22.3. The minimum Gasteiger partial charge on any atom is -0.465 e. The van der Waals surface area contributed by atoms with Gasteiger partial charge in [0.15, 0.2) is 6.61 Å². The number of rotatable bonds is 5. The Morgan fingerprint density at radius 2 is 1.77 bits per heavy atom. The Kier molecular flexibility index (Phi) is 6.22. The second kappa shape index (κ2) is 9.77. The lowest BCUT2D eigenvalue weighted by Gasteiger charge is -2.22. The third-order valence-corrected chi connectivity index (χ3v) is 5.86. The Balaban J connectivity index is 1.42. The van der Waals surface area contributed by atoms with Crippen molar-refractivity contribution in [2.24, 2.45) is 0 Å². The van der Waals surface area contributed by atoms with E-state index in [2.05, 4.69) is 5.32 Å². The Morgan fingerprint density at radius 3 is 2.57 bits per heavy atom. The van der Waals surface area contributed by atoms with Gasteiger partial charge >= 0.3 is 5.97 Å². The highest BCUT2D eigenvalue weighted by atomic mass is 16.5. The number of ether oxygens (including phenoxy) is 1. The van der Waals surface area contributed by atoms with Crippen LogP contribution in [0.2, 0.25) is 0 Å². The molecule has 174 valence electrons. The van der Waals surface area contributed by atoms with Crippen LogP contribution in [0, 0.1) is 0 Å². The van der Waals surface area contributed by atoms with Crippen LogP contribution in [0.1, 0.15) is 50.6 Å². The molecule has 7 nitrogen and oxygen atoms in total. The second-order valence-corrected chi connectivity index (χ2v) is 8.19. The van der Waals surface area contributed by atoms with Crippen molar-refractivity contribution in [3.05, 3.63) is 101 Å². The molecular formula is C28H22N2O5. The fraction of sp³-hybridized carbons (Fsp3) is 0.143. The molecule has 4 aromatic rings. The number of benzene rings is 2. The number of para-hydroxylation sites is 1. The normalized spacial score (nSPS) is 13.9. The van der Waals surface area contributed by atoms with Crippen LogP contribution in [0.3, 0.4) is 0 Å². The molecule has 7 heteroatoms. The Hall–Kier alpha value is -4.52. The zero-order valence-corrected chi connectivity index (χ0v) is 18.8. The van der Waals surface area contributed by atoms with Gasteiger partial charge in [-0.05, 0) is 66.8 Å². The largest absolute Gasteiger partial charge is 0.465 e. The molecule has 0 saturated heterocycles. The summed E-state index contributed by atoms with van der Waals surface area (Å²) in [6.45, 7) is -0.572. The van der Waals surface area contributed by atoms with Crippen molar-refractivity contribution in [2.45, 2.75) is 19.3 Å². The maximum atomic E-state index is 13.3. The summed E-state index contributed by atoms with van der Waals surface area (Å²) in [6.07, 6.45) is 5.85. The molecule has 1 aliphatic rings. The van der Waals surface area contributed by atoms with Crippen molar-refractivity contribution < 1.29 is 23.5 Å². The summed E-state index contributed by atoms with van der Waals surface area (Å²) < 4.78 is 10.9. The van der Waals surface area contributed by atoms with Crippen molar-refractivity contribution in [3.63, 3.8) is 0 Å². The molecule has 2 aromatic carbocycles. The van der Waals surface area contributed by atoms with Gasteiger partial charge in [0.2, 0.25) is 0 Å². The molecule has 0 radical (unpaired) electrons. The summed E-state index contributed by atoms with van der Waals surface area (Å²) in [4.78, 5) is 42.6. The number of nitrogens with one attached hydrogen (secondary N) is 1.